The van der Waals surface area contributed by atoms with Gasteiger partial charge < -0.3 is 19.8 Å². The van der Waals surface area contributed by atoms with Crippen molar-refractivity contribution in [1.29, 1.82) is 0 Å². The Bertz CT molecular complexity index is 551. The number of hydrogen-bond acceptors (Lipinski definition) is 3. The Morgan fingerprint density at radius 2 is 2.09 bits per heavy atom. The summed E-state index contributed by atoms with van der Waals surface area (Å²) in [4.78, 5) is 4.42. The van der Waals surface area contributed by atoms with E-state index in [1.54, 1.807) is 7.11 Å². The first-order chi connectivity index (χ1) is 10.3. The van der Waals surface area contributed by atoms with Crippen LogP contribution in [0.2, 0.25) is 0 Å². The summed E-state index contributed by atoms with van der Waals surface area (Å²) in [5, 5.41) is 7.65. The van der Waals surface area contributed by atoms with Gasteiger partial charge in [-0.2, -0.15) is 0 Å². The molecule has 2 aromatic rings. The second-order valence-corrected chi connectivity index (χ2v) is 4.68. The predicted octanol–water partition coefficient (Wildman–Crippen LogP) is 2.79. The number of aliphatic imine (C=N–C) groups is 1. The van der Waals surface area contributed by atoms with Crippen LogP contribution in [0.15, 0.2) is 39.7 Å². The molecule has 1 heterocycles. The average molecular weight is 417 g/mol. The molecule has 0 bridgehead atoms. The van der Waals surface area contributed by atoms with Crippen LogP contribution in [-0.2, 0) is 11.2 Å². The molecule has 0 aliphatic rings. The number of nitrogens with one attached hydrogen (secondary N) is 2. The molecule has 0 saturated carbocycles. The summed E-state index contributed by atoms with van der Waals surface area (Å²) in [7, 11) is 1.68. The Labute approximate surface area is 148 Å². The number of hydrogen-bond donors (Lipinski definition) is 2. The van der Waals surface area contributed by atoms with Gasteiger partial charge in [-0.3, -0.25) is 4.99 Å². The molecule has 1 aromatic heterocycles. The Morgan fingerprint density at radius 3 is 2.82 bits per heavy atom. The van der Waals surface area contributed by atoms with Crippen molar-refractivity contribution in [3.05, 3.63) is 36.1 Å². The molecule has 0 spiro atoms. The first-order valence-corrected chi connectivity index (χ1v) is 7.32. The Hall–Kier alpha value is -1.28. The van der Waals surface area contributed by atoms with Crippen LogP contribution in [0.5, 0.6) is 0 Å². The molecule has 1 aromatic carbocycles. The molecule has 0 fully saturated rings. The SMILES string of the molecule is CCNC(=NCCOC)NCCc1cc2ccccc2o1.I. The zero-order valence-electron chi connectivity index (χ0n) is 13.1. The number of methoxy groups -OCH3 is 1. The highest BCUT2D eigenvalue weighted by Crippen LogP contribution is 2.18. The van der Waals surface area contributed by atoms with Crippen LogP contribution in [0, 0.1) is 0 Å². The fourth-order valence-electron chi connectivity index (χ4n) is 2.05. The van der Waals surface area contributed by atoms with Crippen LogP contribution < -0.4 is 10.6 Å². The van der Waals surface area contributed by atoms with Crippen LogP contribution in [0.25, 0.3) is 11.0 Å². The molecule has 0 aliphatic heterocycles. The topological polar surface area (TPSA) is 58.8 Å². The number of fused-ring (bicyclic) bond motifs is 1. The third kappa shape index (κ3) is 5.84. The lowest BCUT2D eigenvalue weighted by atomic mass is 10.2. The normalized spacial score (nSPS) is 11.3. The highest BCUT2D eigenvalue weighted by atomic mass is 127. The van der Waals surface area contributed by atoms with Crippen LogP contribution in [0.4, 0.5) is 0 Å². The van der Waals surface area contributed by atoms with Gasteiger partial charge in [-0.05, 0) is 19.1 Å². The van der Waals surface area contributed by atoms with E-state index in [1.807, 2.05) is 25.1 Å². The number of halogens is 1. The van der Waals surface area contributed by atoms with E-state index in [4.69, 9.17) is 9.15 Å². The standard InChI is InChI=1S/C16H23N3O2.HI/c1-3-17-16(19-10-11-20-2)18-9-8-14-12-13-6-4-5-7-15(13)21-14;/h4-7,12H,3,8-11H2,1-2H3,(H2,17,18,19);1H. The summed E-state index contributed by atoms with van der Waals surface area (Å²) in [5.41, 5.74) is 0.938. The lowest BCUT2D eigenvalue weighted by Gasteiger charge is -2.10. The third-order valence-electron chi connectivity index (χ3n) is 3.05. The van der Waals surface area contributed by atoms with Gasteiger partial charge >= 0.3 is 0 Å². The Balaban J connectivity index is 0.00000242. The van der Waals surface area contributed by atoms with E-state index >= 15 is 0 Å². The summed E-state index contributed by atoms with van der Waals surface area (Å²) in [6.45, 7) is 4.94. The monoisotopic (exact) mass is 417 g/mol. The van der Waals surface area contributed by atoms with Gasteiger partial charge in [-0.15, -0.1) is 24.0 Å². The molecule has 2 rings (SSSR count). The van der Waals surface area contributed by atoms with Gasteiger partial charge in [0.25, 0.3) is 0 Å². The summed E-state index contributed by atoms with van der Waals surface area (Å²) in [5.74, 6) is 1.79. The van der Waals surface area contributed by atoms with Crippen molar-refractivity contribution in [2.75, 3.05) is 33.4 Å². The molecule has 122 valence electrons. The third-order valence-corrected chi connectivity index (χ3v) is 3.05. The molecular weight excluding hydrogens is 393 g/mol. The van der Waals surface area contributed by atoms with Crippen LogP contribution in [0.3, 0.4) is 0 Å². The van der Waals surface area contributed by atoms with Crippen molar-refractivity contribution in [2.24, 2.45) is 4.99 Å². The van der Waals surface area contributed by atoms with Crippen molar-refractivity contribution in [1.82, 2.24) is 10.6 Å². The van der Waals surface area contributed by atoms with Crippen molar-refractivity contribution in [3.63, 3.8) is 0 Å². The predicted molar refractivity (Wildman–Crippen MR) is 101 cm³/mol. The first kappa shape index (κ1) is 18.8. The lowest BCUT2D eigenvalue weighted by molar-refractivity contribution is 0.208. The zero-order valence-corrected chi connectivity index (χ0v) is 15.4. The van der Waals surface area contributed by atoms with Gasteiger partial charge in [0.1, 0.15) is 11.3 Å². The summed E-state index contributed by atoms with van der Waals surface area (Å²) < 4.78 is 10.8. The van der Waals surface area contributed by atoms with Gasteiger partial charge in [-0.25, -0.2) is 0 Å². The van der Waals surface area contributed by atoms with E-state index in [-0.39, 0.29) is 24.0 Å². The van der Waals surface area contributed by atoms with Crippen molar-refractivity contribution < 1.29 is 9.15 Å². The molecule has 22 heavy (non-hydrogen) atoms. The number of guanidine groups is 1. The zero-order chi connectivity index (χ0) is 14.9. The van der Waals surface area contributed by atoms with Gasteiger partial charge in [0.15, 0.2) is 5.96 Å². The van der Waals surface area contributed by atoms with E-state index in [9.17, 15) is 0 Å². The van der Waals surface area contributed by atoms with Crippen molar-refractivity contribution in [2.45, 2.75) is 13.3 Å². The van der Waals surface area contributed by atoms with Crippen LogP contribution >= 0.6 is 24.0 Å². The quantitative estimate of drug-likeness (QED) is 0.315. The average Bonchev–Trinajstić information content (AvgIpc) is 2.90. The summed E-state index contributed by atoms with van der Waals surface area (Å²) in [6.07, 6.45) is 0.823. The van der Waals surface area contributed by atoms with Gasteiger partial charge in [0, 0.05) is 32.0 Å². The molecule has 0 atom stereocenters. The fourth-order valence-corrected chi connectivity index (χ4v) is 2.05. The first-order valence-electron chi connectivity index (χ1n) is 7.32. The Kier molecular flexibility index (Phi) is 8.91. The number of rotatable bonds is 7. The van der Waals surface area contributed by atoms with Crippen LogP contribution in [0.1, 0.15) is 12.7 Å². The second-order valence-electron chi connectivity index (χ2n) is 4.68. The van der Waals surface area contributed by atoms with Crippen molar-refractivity contribution >= 4 is 40.9 Å². The molecule has 6 heteroatoms. The summed E-state index contributed by atoms with van der Waals surface area (Å²) >= 11 is 0. The number of benzene rings is 1. The van der Waals surface area contributed by atoms with E-state index < -0.39 is 0 Å². The maximum Gasteiger partial charge on any atom is 0.191 e. The molecule has 5 nitrogen and oxygen atoms in total. The van der Waals surface area contributed by atoms with E-state index in [0.29, 0.717) is 13.2 Å². The summed E-state index contributed by atoms with van der Waals surface area (Å²) in [6, 6.07) is 10.1. The minimum absolute atomic E-state index is 0. The molecule has 0 saturated heterocycles. The molecule has 0 aliphatic carbocycles. The van der Waals surface area contributed by atoms with Gasteiger partial charge in [0.2, 0.25) is 0 Å². The van der Waals surface area contributed by atoms with Gasteiger partial charge in [-0.1, -0.05) is 18.2 Å². The van der Waals surface area contributed by atoms with Crippen molar-refractivity contribution in [3.8, 4) is 0 Å². The maximum absolute atomic E-state index is 5.79. The number of furan rings is 1. The number of ether oxygens (including phenoxy) is 1. The van der Waals surface area contributed by atoms with E-state index in [0.717, 1.165) is 42.2 Å². The highest BCUT2D eigenvalue weighted by molar-refractivity contribution is 14.0. The highest BCUT2D eigenvalue weighted by Gasteiger charge is 2.03. The minimum atomic E-state index is 0. The van der Waals surface area contributed by atoms with E-state index in [2.05, 4.69) is 27.8 Å². The molecular formula is C16H24IN3O2. The largest absolute Gasteiger partial charge is 0.461 e. The number of nitrogens with zero attached hydrogens (tertiary/aromatic N) is 1. The smallest absolute Gasteiger partial charge is 0.191 e. The molecule has 0 unspecified atom stereocenters. The molecule has 0 amide bonds. The molecule has 0 radical (unpaired) electrons. The lowest BCUT2D eigenvalue weighted by Crippen LogP contribution is -2.38. The van der Waals surface area contributed by atoms with Gasteiger partial charge in [0.05, 0.1) is 13.2 Å². The maximum atomic E-state index is 5.79. The minimum Gasteiger partial charge on any atom is -0.461 e. The Morgan fingerprint density at radius 1 is 1.27 bits per heavy atom. The van der Waals surface area contributed by atoms with Crippen LogP contribution in [-0.4, -0.2) is 39.3 Å². The fraction of sp³-hybridized carbons (Fsp3) is 0.438. The molecule has 2 N–H and O–H groups in total. The second kappa shape index (κ2) is 10.4. The number of para-hydroxylation sites is 1. The van der Waals surface area contributed by atoms with E-state index in [1.165, 1.54) is 0 Å².